The van der Waals surface area contributed by atoms with Gasteiger partial charge in [0.2, 0.25) is 0 Å². The Labute approximate surface area is 200 Å². The second-order valence-corrected chi connectivity index (χ2v) is 4.17. The van der Waals surface area contributed by atoms with Gasteiger partial charge in [0, 0.05) is 8.95 Å². The average molecular weight is 448 g/mol. The quantitative estimate of drug-likeness (QED) is 0.211. The summed E-state index contributed by atoms with van der Waals surface area (Å²) in [6, 6.07) is 7.96. The van der Waals surface area contributed by atoms with Gasteiger partial charge in [0.1, 0.15) is 0 Å². The third-order valence-corrected chi connectivity index (χ3v) is 1.96. The minimum atomic E-state index is -3.15. The number of hydrogen-bond donors (Lipinski definition) is 0. The topological polar surface area (TPSA) is 72.4 Å². The Kier molecular flexibility index (Phi) is 32.6. The Morgan fingerprint density at radius 3 is 1.69 bits per heavy atom. The first-order valence-corrected chi connectivity index (χ1v) is 22.6. The average Bonchev–Trinajstić information content (AvgIpc) is 2.21. The molecule has 0 saturated carbocycles. The third kappa shape index (κ3) is 21.4. The van der Waals surface area contributed by atoms with E-state index in [9.17, 15) is 0 Å². The van der Waals surface area contributed by atoms with Crippen LogP contribution in [0.5, 0.6) is 0 Å². The van der Waals surface area contributed by atoms with Crippen molar-refractivity contribution in [3.8, 4) is 0 Å². The van der Waals surface area contributed by atoms with E-state index < -0.39 is 8.25 Å². The van der Waals surface area contributed by atoms with Gasteiger partial charge >= 0.3 is 123 Å². The molecule has 0 radical (unpaired) electrons. The molecular weight excluding hydrogens is 444 g/mol. The van der Waals surface area contributed by atoms with Gasteiger partial charge in [-0.3, -0.25) is 0 Å². The summed E-state index contributed by atoms with van der Waals surface area (Å²) in [5, 5.41) is 8.53. The van der Waals surface area contributed by atoms with Gasteiger partial charge < -0.3 is 10.2 Å². The van der Waals surface area contributed by atoms with Crippen molar-refractivity contribution in [3.63, 3.8) is 0 Å². The molecule has 0 spiro atoms. The molecule has 10 heteroatoms. The third-order valence-electron chi connectivity index (χ3n) is 0.848. The zero-order chi connectivity index (χ0) is 12.3. The molecule has 0 aliphatic rings. The summed E-state index contributed by atoms with van der Waals surface area (Å²) in [5.74, 6) is 0. The molecule has 1 unspecified atom stereocenters. The maximum absolute atomic E-state index is 8.87. The fraction of sp³-hybridized carbons (Fsp3) is 0. The van der Waals surface area contributed by atoms with Crippen LogP contribution in [0.4, 0.5) is 0 Å². The van der Waals surface area contributed by atoms with Gasteiger partial charge in [0.05, 0.1) is 0 Å². The van der Waals surface area contributed by atoms with E-state index in [2.05, 4.69) is 36.5 Å². The van der Waals surface area contributed by atoms with E-state index in [-0.39, 0.29) is 51.4 Å². The molecule has 0 aliphatic carbocycles. The molecule has 0 amide bonds. The summed E-state index contributed by atoms with van der Waals surface area (Å²) >= 11 is 9.16. The standard InChI is InChI=1S/C6H4Br2.3K.HO4P/c7-5-2-1-3-6(8)4-5;;;;1-4-5(2)3/h1-4H;;;;1H/q;;;+1;/p-1. The van der Waals surface area contributed by atoms with E-state index in [1.54, 1.807) is 0 Å². The van der Waals surface area contributed by atoms with Crippen LogP contribution in [-0.4, -0.2) is 63.2 Å². The number of benzene rings is 1. The van der Waals surface area contributed by atoms with Gasteiger partial charge in [-0.1, -0.05) is 37.9 Å². The van der Waals surface area contributed by atoms with Crippen LogP contribution in [0, 0.1) is 0 Å². The summed E-state index contributed by atoms with van der Waals surface area (Å²) in [7, 11) is -3.15. The van der Waals surface area contributed by atoms with E-state index in [1.807, 2.05) is 24.3 Å². The molecule has 1 atom stereocenters. The summed E-state index contributed by atoms with van der Waals surface area (Å²) < 4.78 is 13.5. The molecule has 0 aromatic heterocycles. The van der Waals surface area contributed by atoms with E-state index in [0.717, 1.165) is 8.95 Å². The molecule has 0 N–H and O–H groups in total. The zero-order valence-corrected chi connectivity index (χ0v) is 22.6. The summed E-state index contributed by atoms with van der Waals surface area (Å²) in [5.41, 5.74) is 0. The van der Waals surface area contributed by atoms with Crippen molar-refractivity contribution < 1.29 is 70.8 Å². The van der Waals surface area contributed by atoms with Gasteiger partial charge in [0.15, 0.2) is 0 Å². The second kappa shape index (κ2) is 20.1. The normalized spacial score (nSPS) is 8.62. The number of halogens is 2. The molecule has 0 saturated heterocycles. The van der Waals surface area contributed by atoms with Crippen molar-refractivity contribution in [2.24, 2.45) is 0 Å². The predicted octanol–water partition coefficient (Wildman–Crippen LogP) is -2.25. The second-order valence-electron chi connectivity index (χ2n) is 1.74. The Morgan fingerprint density at radius 1 is 1.25 bits per heavy atom. The molecule has 16 heavy (non-hydrogen) atoms. The maximum atomic E-state index is 8.87. The fourth-order valence-electron chi connectivity index (χ4n) is 0.460. The van der Waals surface area contributed by atoms with Gasteiger partial charge in [-0.25, -0.2) is 4.67 Å². The predicted molar refractivity (Wildman–Crippen MR) is 62.0 cm³/mol. The molecule has 0 fully saturated rings. The van der Waals surface area contributed by atoms with Crippen LogP contribution >= 0.6 is 40.1 Å². The summed E-state index contributed by atoms with van der Waals surface area (Å²) in [4.78, 5) is 8.87. The molecular formula is C6H4Br2K3O4P. The van der Waals surface area contributed by atoms with Gasteiger partial charge in [-0.15, -0.1) is 0 Å². The van der Waals surface area contributed by atoms with Crippen molar-refractivity contribution in [3.05, 3.63) is 33.2 Å². The number of hydrogen-bond acceptors (Lipinski definition) is 4. The summed E-state index contributed by atoms with van der Waals surface area (Å²) in [6.07, 6.45) is 0. The Morgan fingerprint density at radius 2 is 1.56 bits per heavy atom. The molecule has 0 heterocycles. The minimum absolute atomic E-state index is 0. The molecule has 1 aromatic rings. The first-order chi connectivity index (χ1) is 7.06. The molecule has 0 aliphatic heterocycles. The van der Waals surface area contributed by atoms with Crippen LogP contribution in [0.15, 0.2) is 33.2 Å². The van der Waals surface area contributed by atoms with Crippen molar-refractivity contribution in [1.82, 2.24) is 0 Å². The van der Waals surface area contributed by atoms with Crippen molar-refractivity contribution >= 4 is 103 Å². The molecule has 1 aromatic carbocycles. The van der Waals surface area contributed by atoms with Gasteiger partial charge in [-0.2, -0.15) is 0 Å². The van der Waals surface area contributed by atoms with Crippen LogP contribution in [0.1, 0.15) is 0 Å². The van der Waals surface area contributed by atoms with E-state index >= 15 is 0 Å². The first kappa shape index (κ1) is 26.0. The monoisotopic (exact) mass is 446 g/mol. The van der Waals surface area contributed by atoms with Crippen LogP contribution in [0.25, 0.3) is 0 Å². The van der Waals surface area contributed by atoms with Crippen LogP contribution < -0.4 is 61.5 Å². The van der Waals surface area contributed by atoms with Crippen LogP contribution in [0.3, 0.4) is 0 Å². The van der Waals surface area contributed by atoms with E-state index in [4.69, 9.17) is 14.7 Å². The Hall–Kier alpha value is 5.07. The molecule has 1 rings (SSSR count). The fourth-order valence-corrected chi connectivity index (χ4v) is 1.57. The Balaban J connectivity index is -0.000000187. The van der Waals surface area contributed by atoms with E-state index in [1.165, 1.54) is 63.2 Å². The van der Waals surface area contributed by atoms with Gasteiger partial charge in [0.25, 0.3) is 0 Å². The van der Waals surface area contributed by atoms with Crippen LogP contribution in [-0.2, 0) is 9.24 Å². The SMILES string of the molecule is Brc1cccc(Br)c1.O=[P+]([O-])O[O-].[K+].[K][K]. The molecule has 0 bridgehead atoms. The van der Waals surface area contributed by atoms with Gasteiger partial charge in [-0.05, 0) is 22.8 Å². The summed E-state index contributed by atoms with van der Waals surface area (Å²) in [6.45, 7) is 0. The van der Waals surface area contributed by atoms with Crippen molar-refractivity contribution in [2.75, 3.05) is 0 Å². The van der Waals surface area contributed by atoms with Crippen molar-refractivity contribution in [2.45, 2.75) is 0 Å². The first-order valence-electron chi connectivity index (χ1n) is 3.91. The Bertz CT molecular complexity index is 275. The molecule has 4 nitrogen and oxygen atoms in total. The van der Waals surface area contributed by atoms with Crippen LogP contribution in [0.2, 0.25) is 0 Å². The number of rotatable bonds is 1. The van der Waals surface area contributed by atoms with Crippen molar-refractivity contribution in [1.29, 1.82) is 0 Å². The molecule has 74 valence electrons. The zero-order valence-electron chi connectivity index (χ0n) is 9.15. The van der Waals surface area contributed by atoms with E-state index in [0.29, 0.717) is 0 Å².